The first kappa shape index (κ1) is 20.7. The number of hydrogen-bond donors (Lipinski definition) is 1. The van der Waals surface area contributed by atoms with Crippen LogP contribution in [-0.2, 0) is 11.2 Å². The Morgan fingerprint density at radius 3 is 2.78 bits per heavy atom. The van der Waals surface area contributed by atoms with Gasteiger partial charge in [-0.2, -0.15) is 5.11 Å². The SMILES string of the molecule is O=C1N=NC(CCc2ccc(F)c(-c3cccc(C(=O)NC4CC4)c3)c2)C2=C1CCCC2. The molecule has 1 N–H and O–H groups in total. The third-order valence-electron chi connectivity index (χ3n) is 6.54. The zero-order chi connectivity index (χ0) is 22.1. The first-order valence-corrected chi connectivity index (χ1v) is 11.5. The molecule has 32 heavy (non-hydrogen) atoms. The monoisotopic (exact) mass is 431 g/mol. The second kappa shape index (κ2) is 8.77. The molecule has 2 aromatic rings. The lowest BCUT2D eigenvalue weighted by Crippen LogP contribution is -2.25. The van der Waals surface area contributed by atoms with Gasteiger partial charge in [-0.05, 0) is 92.3 Å². The van der Waals surface area contributed by atoms with Gasteiger partial charge in [0.25, 0.3) is 11.8 Å². The number of amides is 2. The summed E-state index contributed by atoms with van der Waals surface area (Å²) in [6.07, 6.45) is 7.33. The number of carbonyl (C=O) groups excluding carboxylic acids is 2. The summed E-state index contributed by atoms with van der Waals surface area (Å²) in [4.78, 5) is 24.4. The second-order valence-corrected chi connectivity index (χ2v) is 8.93. The summed E-state index contributed by atoms with van der Waals surface area (Å²) in [5.74, 6) is -0.598. The highest BCUT2D eigenvalue weighted by Crippen LogP contribution is 2.34. The summed E-state index contributed by atoms with van der Waals surface area (Å²) in [6, 6.07) is 12.5. The number of azo groups is 1. The smallest absolute Gasteiger partial charge is 0.291 e. The van der Waals surface area contributed by atoms with E-state index in [9.17, 15) is 14.0 Å². The van der Waals surface area contributed by atoms with E-state index >= 15 is 0 Å². The zero-order valence-electron chi connectivity index (χ0n) is 17.9. The number of rotatable bonds is 6. The molecule has 0 saturated heterocycles. The Bertz CT molecular complexity index is 1130. The van der Waals surface area contributed by atoms with Crippen LogP contribution < -0.4 is 5.32 Å². The number of nitrogens with one attached hydrogen (secondary N) is 1. The third kappa shape index (κ3) is 4.40. The molecule has 1 saturated carbocycles. The van der Waals surface area contributed by atoms with E-state index in [-0.39, 0.29) is 29.7 Å². The molecule has 5 nitrogen and oxygen atoms in total. The Morgan fingerprint density at radius 1 is 1.09 bits per heavy atom. The van der Waals surface area contributed by atoms with Crippen molar-refractivity contribution in [2.45, 2.75) is 63.5 Å². The number of benzene rings is 2. The van der Waals surface area contributed by atoms with Gasteiger partial charge in [-0.25, -0.2) is 4.39 Å². The molecule has 1 fully saturated rings. The van der Waals surface area contributed by atoms with Crippen molar-refractivity contribution in [2.24, 2.45) is 10.2 Å². The van der Waals surface area contributed by atoms with Crippen LogP contribution in [0.3, 0.4) is 0 Å². The van der Waals surface area contributed by atoms with Gasteiger partial charge >= 0.3 is 0 Å². The van der Waals surface area contributed by atoms with E-state index < -0.39 is 0 Å². The largest absolute Gasteiger partial charge is 0.349 e. The van der Waals surface area contributed by atoms with Crippen LogP contribution in [0.25, 0.3) is 11.1 Å². The van der Waals surface area contributed by atoms with Gasteiger partial charge in [-0.3, -0.25) is 9.59 Å². The van der Waals surface area contributed by atoms with Crippen molar-refractivity contribution >= 4 is 11.8 Å². The standard InChI is InChI=1S/C26H26FN3O2/c27-23-12-8-16(9-13-24-20-6-1-2-7-21(20)26(32)30-29-24)14-22(23)17-4-3-5-18(15-17)25(31)28-19-10-11-19/h3-5,8,12,14-15,19,24H,1-2,6-7,9-11,13H2,(H,28,31). The molecule has 0 aromatic heterocycles. The first-order valence-electron chi connectivity index (χ1n) is 11.5. The fourth-order valence-electron chi connectivity index (χ4n) is 4.60. The van der Waals surface area contributed by atoms with Crippen molar-refractivity contribution in [1.29, 1.82) is 0 Å². The average Bonchev–Trinajstić information content (AvgIpc) is 3.64. The van der Waals surface area contributed by atoms with Gasteiger partial charge in [0.2, 0.25) is 0 Å². The van der Waals surface area contributed by atoms with Crippen molar-refractivity contribution in [3.05, 3.63) is 70.6 Å². The Labute approximate surface area is 186 Å². The lowest BCUT2D eigenvalue weighted by Gasteiger charge is -2.25. The molecule has 0 spiro atoms. The molecule has 1 unspecified atom stereocenters. The van der Waals surface area contributed by atoms with Gasteiger partial charge in [0.15, 0.2) is 0 Å². The van der Waals surface area contributed by atoms with Crippen molar-refractivity contribution in [3.8, 4) is 11.1 Å². The molecule has 2 aromatic carbocycles. The molecular weight excluding hydrogens is 405 g/mol. The summed E-state index contributed by atoms with van der Waals surface area (Å²) in [5, 5.41) is 11.1. The lowest BCUT2D eigenvalue weighted by molar-refractivity contribution is -0.115. The molecule has 5 rings (SSSR count). The Morgan fingerprint density at radius 2 is 1.94 bits per heavy atom. The van der Waals surface area contributed by atoms with Gasteiger partial charge in [-0.15, -0.1) is 5.11 Å². The van der Waals surface area contributed by atoms with Gasteiger partial charge < -0.3 is 5.32 Å². The number of halogens is 1. The summed E-state index contributed by atoms with van der Waals surface area (Å²) in [6.45, 7) is 0. The maximum Gasteiger partial charge on any atom is 0.291 e. The summed E-state index contributed by atoms with van der Waals surface area (Å²) in [7, 11) is 0. The topological polar surface area (TPSA) is 70.9 Å². The minimum atomic E-state index is -0.311. The summed E-state index contributed by atoms with van der Waals surface area (Å²) >= 11 is 0. The maximum atomic E-state index is 14.7. The molecule has 0 radical (unpaired) electrons. The number of nitrogens with zero attached hydrogens (tertiary/aromatic N) is 2. The van der Waals surface area contributed by atoms with Crippen LogP contribution in [0.5, 0.6) is 0 Å². The lowest BCUT2D eigenvalue weighted by atomic mass is 9.84. The van der Waals surface area contributed by atoms with E-state index in [0.29, 0.717) is 23.1 Å². The fourth-order valence-corrected chi connectivity index (χ4v) is 4.60. The van der Waals surface area contributed by atoms with Gasteiger partial charge in [0.1, 0.15) is 5.82 Å². The van der Waals surface area contributed by atoms with E-state index in [1.807, 2.05) is 12.1 Å². The second-order valence-electron chi connectivity index (χ2n) is 8.93. The maximum absolute atomic E-state index is 14.7. The molecule has 2 amide bonds. The van der Waals surface area contributed by atoms with Crippen molar-refractivity contribution < 1.29 is 14.0 Å². The summed E-state index contributed by atoms with van der Waals surface area (Å²) in [5.41, 5.74) is 4.72. The predicted molar refractivity (Wildman–Crippen MR) is 120 cm³/mol. The van der Waals surface area contributed by atoms with Crippen LogP contribution in [0, 0.1) is 5.82 Å². The highest BCUT2D eigenvalue weighted by molar-refractivity contribution is 5.96. The minimum absolute atomic E-state index is 0.0639. The van der Waals surface area contributed by atoms with Crippen molar-refractivity contribution in [3.63, 3.8) is 0 Å². The first-order chi connectivity index (χ1) is 15.6. The van der Waals surface area contributed by atoms with E-state index in [1.54, 1.807) is 24.3 Å². The van der Waals surface area contributed by atoms with Crippen molar-refractivity contribution in [2.75, 3.05) is 0 Å². The normalized spacial score (nSPS) is 20.3. The highest BCUT2D eigenvalue weighted by Gasteiger charge is 2.28. The number of aryl methyl sites for hydroxylation is 1. The number of hydrogen-bond acceptors (Lipinski definition) is 3. The highest BCUT2D eigenvalue weighted by atomic mass is 19.1. The molecule has 1 aliphatic heterocycles. The van der Waals surface area contributed by atoms with Crippen LogP contribution in [0.15, 0.2) is 63.8 Å². The van der Waals surface area contributed by atoms with E-state index in [2.05, 4.69) is 15.5 Å². The summed E-state index contributed by atoms with van der Waals surface area (Å²) < 4.78 is 14.7. The fraction of sp³-hybridized carbons (Fsp3) is 0.385. The van der Waals surface area contributed by atoms with E-state index in [0.717, 1.165) is 61.7 Å². The number of carbonyl (C=O) groups is 2. The van der Waals surface area contributed by atoms with Gasteiger partial charge in [0.05, 0.1) is 6.04 Å². The van der Waals surface area contributed by atoms with Gasteiger partial charge in [0, 0.05) is 22.7 Å². The van der Waals surface area contributed by atoms with Gasteiger partial charge in [-0.1, -0.05) is 18.2 Å². The van der Waals surface area contributed by atoms with Crippen LogP contribution in [-0.4, -0.2) is 23.9 Å². The van der Waals surface area contributed by atoms with Crippen LogP contribution in [0.4, 0.5) is 4.39 Å². The van der Waals surface area contributed by atoms with E-state index in [1.165, 1.54) is 6.07 Å². The molecule has 164 valence electrons. The molecular formula is C26H26FN3O2. The predicted octanol–water partition coefficient (Wildman–Crippen LogP) is 5.55. The molecule has 3 aliphatic rings. The minimum Gasteiger partial charge on any atom is -0.349 e. The molecule has 1 heterocycles. The van der Waals surface area contributed by atoms with Crippen molar-refractivity contribution in [1.82, 2.24) is 5.32 Å². The third-order valence-corrected chi connectivity index (χ3v) is 6.54. The molecule has 1 atom stereocenters. The van der Waals surface area contributed by atoms with Crippen LogP contribution in [0.1, 0.15) is 60.9 Å². The molecule has 6 heteroatoms. The average molecular weight is 432 g/mol. The zero-order valence-corrected chi connectivity index (χ0v) is 17.9. The molecule has 2 aliphatic carbocycles. The van der Waals surface area contributed by atoms with Crippen LogP contribution >= 0.6 is 0 Å². The van der Waals surface area contributed by atoms with Crippen LogP contribution in [0.2, 0.25) is 0 Å². The quantitative estimate of drug-likeness (QED) is 0.651. The Hall–Kier alpha value is -3.15. The Balaban J connectivity index is 1.33. The Kier molecular flexibility index (Phi) is 5.68. The molecule has 0 bridgehead atoms. The van der Waals surface area contributed by atoms with E-state index in [4.69, 9.17) is 0 Å².